The van der Waals surface area contributed by atoms with E-state index in [2.05, 4.69) is 24.5 Å². The molecule has 88 valence electrons. The SMILES string of the molecule is CC1(C)CCC(NCCNC(N)=O)CC1. The number of rotatable bonds is 4. The van der Waals surface area contributed by atoms with Gasteiger partial charge in [-0.3, -0.25) is 0 Å². The normalized spacial score (nSPS) is 21.2. The molecule has 0 saturated heterocycles. The first kappa shape index (κ1) is 12.3. The third-order valence-corrected chi connectivity index (χ3v) is 3.20. The molecule has 0 aromatic carbocycles. The summed E-state index contributed by atoms with van der Waals surface area (Å²) in [5.41, 5.74) is 5.49. The third kappa shape index (κ3) is 5.02. The van der Waals surface area contributed by atoms with Gasteiger partial charge in [-0.05, 0) is 31.1 Å². The van der Waals surface area contributed by atoms with Crippen LogP contribution in [-0.2, 0) is 0 Å². The zero-order valence-corrected chi connectivity index (χ0v) is 9.81. The van der Waals surface area contributed by atoms with Gasteiger partial charge in [-0.1, -0.05) is 13.8 Å². The van der Waals surface area contributed by atoms with E-state index in [4.69, 9.17) is 5.73 Å². The maximum atomic E-state index is 10.4. The predicted molar refractivity (Wildman–Crippen MR) is 61.6 cm³/mol. The lowest BCUT2D eigenvalue weighted by molar-refractivity contribution is 0.207. The average molecular weight is 213 g/mol. The van der Waals surface area contributed by atoms with Gasteiger partial charge in [0.2, 0.25) is 0 Å². The van der Waals surface area contributed by atoms with Crippen LogP contribution in [0.25, 0.3) is 0 Å². The van der Waals surface area contributed by atoms with E-state index in [1.165, 1.54) is 25.7 Å². The molecule has 15 heavy (non-hydrogen) atoms. The molecule has 1 aliphatic carbocycles. The van der Waals surface area contributed by atoms with Crippen molar-refractivity contribution in [1.82, 2.24) is 10.6 Å². The molecule has 1 fully saturated rings. The highest BCUT2D eigenvalue weighted by molar-refractivity contribution is 5.71. The van der Waals surface area contributed by atoms with E-state index in [1.807, 2.05) is 0 Å². The van der Waals surface area contributed by atoms with Crippen LogP contribution in [0.4, 0.5) is 4.79 Å². The van der Waals surface area contributed by atoms with Gasteiger partial charge in [0.25, 0.3) is 0 Å². The van der Waals surface area contributed by atoms with Gasteiger partial charge >= 0.3 is 6.03 Å². The lowest BCUT2D eigenvalue weighted by Crippen LogP contribution is -2.41. The highest BCUT2D eigenvalue weighted by Crippen LogP contribution is 2.34. The van der Waals surface area contributed by atoms with Gasteiger partial charge in [-0.15, -0.1) is 0 Å². The Balaban J connectivity index is 2.06. The van der Waals surface area contributed by atoms with Crippen LogP contribution < -0.4 is 16.4 Å². The summed E-state index contributed by atoms with van der Waals surface area (Å²) in [5.74, 6) is 0. The molecule has 4 heteroatoms. The fourth-order valence-corrected chi connectivity index (χ4v) is 2.07. The van der Waals surface area contributed by atoms with Crippen molar-refractivity contribution in [3.63, 3.8) is 0 Å². The van der Waals surface area contributed by atoms with Crippen LogP contribution in [0.3, 0.4) is 0 Å². The molecule has 0 unspecified atom stereocenters. The molecule has 0 aromatic heterocycles. The molecular weight excluding hydrogens is 190 g/mol. The first-order valence-corrected chi connectivity index (χ1v) is 5.76. The van der Waals surface area contributed by atoms with E-state index in [0.29, 0.717) is 18.0 Å². The largest absolute Gasteiger partial charge is 0.352 e. The van der Waals surface area contributed by atoms with Crippen molar-refractivity contribution >= 4 is 6.03 Å². The van der Waals surface area contributed by atoms with Crippen molar-refractivity contribution in [2.24, 2.45) is 11.1 Å². The molecule has 1 rings (SSSR count). The number of nitrogens with two attached hydrogens (primary N) is 1. The molecule has 0 aromatic rings. The Morgan fingerprint density at radius 1 is 1.33 bits per heavy atom. The number of amides is 2. The molecule has 1 aliphatic rings. The fraction of sp³-hybridized carbons (Fsp3) is 0.909. The Morgan fingerprint density at radius 3 is 2.47 bits per heavy atom. The number of carbonyl (C=O) groups is 1. The third-order valence-electron chi connectivity index (χ3n) is 3.20. The molecule has 0 bridgehead atoms. The van der Waals surface area contributed by atoms with Crippen LogP contribution in [0.5, 0.6) is 0 Å². The van der Waals surface area contributed by atoms with Crippen molar-refractivity contribution in [3.05, 3.63) is 0 Å². The second-order valence-electron chi connectivity index (χ2n) is 5.18. The minimum absolute atomic E-state index is 0.443. The van der Waals surface area contributed by atoms with E-state index in [9.17, 15) is 4.79 Å². The summed E-state index contributed by atoms with van der Waals surface area (Å²) in [5, 5.41) is 6.02. The van der Waals surface area contributed by atoms with Gasteiger partial charge in [0, 0.05) is 19.1 Å². The molecule has 2 amide bonds. The zero-order chi connectivity index (χ0) is 11.3. The Bertz CT molecular complexity index is 206. The van der Waals surface area contributed by atoms with Crippen molar-refractivity contribution in [3.8, 4) is 0 Å². The Hall–Kier alpha value is -0.770. The molecule has 0 atom stereocenters. The number of nitrogens with one attached hydrogen (secondary N) is 2. The molecule has 0 radical (unpaired) electrons. The summed E-state index contributed by atoms with van der Waals surface area (Å²) in [6.45, 7) is 6.10. The number of hydrogen-bond acceptors (Lipinski definition) is 2. The topological polar surface area (TPSA) is 67.2 Å². The molecular formula is C11H23N3O. The number of hydrogen-bond donors (Lipinski definition) is 3. The van der Waals surface area contributed by atoms with Crippen LogP contribution in [0.1, 0.15) is 39.5 Å². The van der Waals surface area contributed by atoms with Crippen molar-refractivity contribution in [2.75, 3.05) is 13.1 Å². The van der Waals surface area contributed by atoms with Crippen molar-refractivity contribution in [2.45, 2.75) is 45.6 Å². The molecule has 0 spiro atoms. The smallest absolute Gasteiger partial charge is 0.312 e. The molecule has 4 nitrogen and oxygen atoms in total. The highest BCUT2D eigenvalue weighted by atomic mass is 16.2. The predicted octanol–water partition coefficient (Wildman–Crippen LogP) is 1.21. The standard InChI is InChI=1S/C11H23N3O/c1-11(2)5-3-9(4-6-11)13-7-8-14-10(12)15/h9,13H,3-8H2,1-2H3,(H3,12,14,15). The zero-order valence-electron chi connectivity index (χ0n) is 9.81. The van der Waals surface area contributed by atoms with Crippen molar-refractivity contribution < 1.29 is 4.79 Å². The molecule has 0 heterocycles. The Labute approximate surface area is 92.0 Å². The molecule has 4 N–H and O–H groups in total. The minimum Gasteiger partial charge on any atom is -0.352 e. The van der Waals surface area contributed by atoms with E-state index < -0.39 is 6.03 Å². The second-order valence-corrected chi connectivity index (χ2v) is 5.18. The molecule has 1 saturated carbocycles. The second kappa shape index (κ2) is 5.35. The number of carbonyl (C=O) groups excluding carboxylic acids is 1. The Kier molecular flexibility index (Phi) is 4.39. The van der Waals surface area contributed by atoms with Crippen LogP contribution in [0.2, 0.25) is 0 Å². The summed E-state index contributed by atoms with van der Waals surface area (Å²) >= 11 is 0. The molecule has 0 aliphatic heterocycles. The summed E-state index contributed by atoms with van der Waals surface area (Å²) in [7, 11) is 0. The van der Waals surface area contributed by atoms with Crippen LogP contribution >= 0.6 is 0 Å². The maximum absolute atomic E-state index is 10.4. The summed E-state index contributed by atoms with van der Waals surface area (Å²) in [6, 6.07) is 0.175. The summed E-state index contributed by atoms with van der Waals surface area (Å²) in [6.07, 6.45) is 5.05. The van der Waals surface area contributed by atoms with E-state index >= 15 is 0 Å². The van der Waals surface area contributed by atoms with Gasteiger partial charge in [0.05, 0.1) is 0 Å². The summed E-state index contributed by atoms with van der Waals surface area (Å²) < 4.78 is 0. The lowest BCUT2D eigenvalue weighted by atomic mass is 9.75. The maximum Gasteiger partial charge on any atom is 0.312 e. The van der Waals surface area contributed by atoms with Gasteiger partial charge in [0.1, 0.15) is 0 Å². The lowest BCUT2D eigenvalue weighted by Gasteiger charge is -2.34. The van der Waals surface area contributed by atoms with Gasteiger partial charge in [0.15, 0.2) is 0 Å². The van der Waals surface area contributed by atoms with E-state index in [0.717, 1.165) is 6.54 Å². The quantitative estimate of drug-likeness (QED) is 0.615. The monoisotopic (exact) mass is 213 g/mol. The van der Waals surface area contributed by atoms with Crippen molar-refractivity contribution in [1.29, 1.82) is 0 Å². The van der Waals surface area contributed by atoms with Crippen LogP contribution in [-0.4, -0.2) is 25.2 Å². The Morgan fingerprint density at radius 2 is 1.93 bits per heavy atom. The average Bonchev–Trinajstić information content (AvgIpc) is 2.14. The summed E-state index contributed by atoms with van der Waals surface area (Å²) in [4.78, 5) is 10.4. The van der Waals surface area contributed by atoms with Crippen LogP contribution in [0, 0.1) is 5.41 Å². The number of urea groups is 1. The number of primary amides is 1. The van der Waals surface area contributed by atoms with Gasteiger partial charge in [-0.2, -0.15) is 0 Å². The van der Waals surface area contributed by atoms with E-state index in [1.54, 1.807) is 0 Å². The first-order valence-electron chi connectivity index (χ1n) is 5.76. The van der Waals surface area contributed by atoms with Gasteiger partial charge in [-0.25, -0.2) is 4.79 Å². The highest BCUT2D eigenvalue weighted by Gasteiger charge is 2.26. The van der Waals surface area contributed by atoms with Crippen LogP contribution in [0.15, 0.2) is 0 Å². The first-order chi connectivity index (χ1) is 6.99. The fourth-order valence-electron chi connectivity index (χ4n) is 2.07. The van der Waals surface area contributed by atoms with E-state index in [-0.39, 0.29) is 0 Å². The van der Waals surface area contributed by atoms with Gasteiger partial charge < -0.3 is 16.4 Å². The minimum atomic E-state index is -0.443.